The number of ether oxygens (including phenoxy) is 1. The average molecular weight is 241 g/mol. The van der Waals surface area contributed by atoms with Crippen molar-refractivity contribution in [3.8, 4) is 0 Å². The molecule has 0 spiro atoms. The Morgan fingerprint density at radius 3 is 2.71 bits per heavy atom. The predicted octanol–water partition coefficient (Wildman–Crippen LogP) is 1.02. The van der Waals surface area contributed by atoms with E-state index in [1.807, 2.05) is 0 Å². The van der Waals surface area contributed by atoms with Crippen molar-refractivity contribution in [2.45, 2.75) is 50.7 Å². The molecule has 0 aromatic carbocycles. The highest BCUT2D eigenvalue weighted by molar-refractivity contribution is 5.89. The topological polar surface area (TPSA) is 66.8 Å². The van der Waals surface area contributed by atoms with Gasteiger partial charge in [-0.25, -0.2) is 4.79 Å². The second kappa shape index (κ2) is 4.64. The monoisotopic (exact) mass is 241 g/mol. The van der Waals surface area contributed by atoms with E-state index in [-0.39, 0.29) is 5.91 Å². The first-order chi connectivity index (χ1) is 8.05. The number of carboxylic acids is 1. The SMILES string of the molecule is CC1(C(=O)O)CCCN1C(=O)C1CCCCO1. The van der Waals surface area contributed by atoms with Crippen LogP contribution in [0.3, 0.4) is 0 Å². The minimum absolute atomic E-state index is 0.146. The van der Waals surface area contributed by atoms with Crippen molar-refractivity contribution in [1.29, 1.82) is 0 Å². The third-order valence-corrected chi connectivity index (χ3v) is 3.82. The number of amides is 1. The van der Waals surface area contributed by atoms with E-state index in [0.717, 1.165) is 19.3 Å². The van der Waals surface area contributed by atoms with E-state index in [1.54, 1.807) is 6.92 Å². The number of likely N-dealkylation sites (tertiary alicyclic amines) is 1. The van der Waals surface area contributed by atoms with Crippen LogP contribution in [-0.2, 0) is 14.3 Å². The fraction of sp³-hybridized carbons (Fsp3) is 0.833. The van der Waals surface area contributed by atoms with Crippen molar-refractivity contribution in [2.75, 3.05) is 13.2 Å². The van der Waals surface area contributed by atoms with Crippen molar-refractivity contribution in [2.24, 2.45) is 0 Å². The van der Waals surface area contributed by atoms with Crippen LogP contribution in [0.4, 0.5) is 0 Å². The number of carbonyl (C=O) groups excluding carboxylic acids is 1. The van der Waals surface area contributed by atoms with Crippen molar-refractivity contribution in [3.05, 3.63) is 0 Å². The van der Waals surface area contributed by atoms with Gasteiger partial charge in [-0.05, 0) is 39.0 Å². The second-order valence-electron chi connectivity index (χ2n) is 5.03. The van der Waals surface area contributed by atoms with Gasteiger partial charge in [-0.2, -0.15) is 0 Å². The van der Waals surface area contributed by atoms with E-state index in [4.69, 9.17) is 4.74 Å². The Balaban J connectivity index is 2.10. The maximum absolute atomic E-state index is 12.3. The first kappa shape index (κ1) is 12.4. The van der Waals surface area contributed by atoms with Gasteiger partial charge in [0.15, 0.2) is 0 Å². The Kier molecular flexibility index (Phi) is 3.38. The molecule has 5 nitrogen and oxygen atoms in total. The van der Waals surface area contributed by atoms with Gasteiger partial charge in [-0.15, -0.1) is 0 Å². The van der Waals surface area contributed by atoms with E-state index in [1.165, 1.54) is 4.90 Å². The Hall–Kier alpha value is -1.10. The number of rotatable bonds is 2. The van der Waals surface area contributed by atoms with Crippen molar-refractivity contribution in [1.82, 2.24) is 4.90 Å². The quantitative estimate of drug-likeness (QED) is 0.784. The minimum atomic E-state index is -1.04. The van der Waals surface area contributed by atoms with Crippen LogP contribution < -0.4 is 0 Å². The number of nitrogens with zero attached hydrogens (tertiary/aromatic N) is 1. The molecule has 0 aliphatic carbocycles. The van der Waals surface area contributed by atoms with Crippen LogP contribution >= 0.6 is 0 Å². The highest BCUT2D eigenvalue weighted by Gasteiger charge is 2.47. The fourth-order valence-corrected chi connectivity index (χ4v) is 2.65. The Morgan fingerprint density at radius 1 is 1.35 bits per heavy atom. The van der Waals surface area contributed by atoms with Gasteiger partial charge >= 0.3 is 5.97 Å². The van der Waals surface area contributed by atoms with Crippen LogP contribution in [0.15, 0.2) is 0 Å². The zero-order valence-electron chi connectivity index (χ0n) is 10.1. The third-order valence-electron chi connectivity index (χ3n) is 3.82. The molecule has 1 amide bonds. The molecule has 17 heavy (non-hydrogen) atoms. The van der Waals surface area contributed by atoms with Gasteiger partial charge in [0.1, 0.15) is 11.6 Å². The summed E-state index contributed by atoms with van der Waals surface area (Å²) in [6.45, 7) is 2.76. The number of hydrogen-bond donors (Lipinski definition) is 1. The summed E-state index contributed by atoms with van der Waals surface area (Å²) in [6.07, 6.45) is 3.53. The average Bonchev–Trinajstić information content (AvgIpc) is 2.73. The van der Waals surface area contributed by atoms with E-state index in [9.17, 15) is 14.7 Å². The first-order valence-corrected chi connectivity index (χ1v) is 6.22. The van der Waals surface area contributed by atoms with Gasteiger partial charge < -0.3 is 14.7 Å². The molecule has 5 heteroatoms. The van der Waals surface area contributed by atoms with Gasteiger partial charge in [0.25, 0.3) is 5.91 Å². The molecule has 0 saturated carbocycles. The maximum atomic E-state index is 12.3. The highest BCUT2D eigenvalue weighted by atomic mass is 16.5. The first-order valence-electron chi connectivity index (χ1n) is 6.22. The van der Waals surface area contributed by atoms with Gasteiger partial charge in [-0.3, -0.25) is 4.79 Å². The molecular formula is C12H19NO4. The standard InChI is InChI=1S/C12H19NO4/c1-12(11(15)16)6-4-7-13(12)10(14)9-5-2-3-8-17-9/h9H,2-8H2,1H3,(H,15,16). The van der Waals surface area contributed by atoms with Crippen LogP contribution in [0.2, 0.25) is 0 Å². The van der Waals surface area contributed by atoms with Gasteiger partial charge in [0.05, 0.1) is 0 Å². The molecule has 96 valence electrons. The zero-order chi connectivity index (χ0) is 12.5. The molecule has 2 heterocycles. The van der Waals surface area contributed by atoms with E-state index in [2.05, 4.69) is 0 Å². The van der Waals surface area contributed by atoms with E-state index in [0.29, 0.717) is 26.0 Å². The third kappa shape index (κ3) is 2.16. The summed E-state index contributed by atoms with van der Waals surface area (Å²) < 4.78 is 5.44. The largest absolute Gasteiger partial charge is 0.480 e. The number of carboxylic acid groups (broad SMARTS) is 1. The number of aliphatic carboxylic acids is 1. The minimum Gasteiger partial charge on any atom is -0.480 e. The molecule has 0 radical (unpaired) electrons. The van der Waals surface area contributed by atoms with Crippen LogP contribution in [0.5, 0.6) is 0 Å². The maximum Gasteiger partial charge on any atom is 0.329 e. The summed E-state index contributed by atoms with van der Waals surface area (Å²) in [5.41, 5.74) is -1.04. The molecular weight excluding hydrogens is 222 g/mol. The van der Waals surface area contributed by atoms with Crippen LogP contribution in [-0.4, -0.2) is 46.7 Å². The second-order valence-corrected chi connectivity index (χ2v) is 5.03. The Morgan fingerprint density at radius 2 is 2.12 bits per heavy atom. The van der Waals surface area contributed by atoms with Gasteiger partial charge in [-0.1, -0.05) is 0 Å². The van der Waals surface area contributed by atoms with Crippen LogP contribution in [0.25, 0.3) is 0 Å². The Bertz CT molecular complexity index is 324. The van der Waals surface area contributed by atoms with E-state index < -0.39 is 17.6 Å². The van der Waals surface area contributed by atoms with Crippen LogP contribution in [0, 0.1) is 0 Å². The summed E-state index contributed by atoms with van der Waals surface area (Å²) in [5.74, 6) is -1.06. The van der Waals surface area contributed by atoms with Crippen molar-refractivity contribution < 1.29 is 19.4 Å². The molecule has 0 aromatic heterocycles. The van der Waals surface area contributed by atoms with Crippen LogP contribution in [0.1, 0.15) is 39.0 Å². The molecule has 2 fully saturated rings. The van der Waals surface area contributed by atoms with E-state index >= 15 is 0 Å². The summed E-state index contributed by atoms with van der Waals surface area (Å²) in [6, 6.07) is 0. The molecule has 2 aliphatic rings. The summed E-state index contributed by atoms with van der Waals surface area (Å²) >= 11 is 0. The molecule has 2 saturated heterocycles. The molecule has 2 rings (SSSR count). The fourth-order valence-electron chi connectivity index (χ4n) is 2.65. The zero-order valence-corrected chi connectivity index (χ0v) is 10.1. The summed E-state index contributed by atoms with van der Waals surface area (Å²) in [4.78, 5) is 25.0. The van der Waals surface area contributed by atoms with Gasteiger partial charge in [0.2, 0.25) is 0 Å². The highest BCUT2D eigenvalue weighted by Crippen LogP contribution is 2.31. The number of hydrogen-bond acceptors (Lipinski definition) is 3. The molecule has 0 aromatic rings. The lowest BCUT2D eigenvalue weighted by atomic mass is 9.98. The normalized spacial score (nSPS) is 33.7. The smallest absolute Gasteiger partial charge is 0.329 e. The lowest BCUT2D eigenvalue weighted by molar-refractivity contribution is -0.162. The summed E-state index contributed by atoms with van der Waals surface area (Å²) in [5, 5.41) is 9.26. The molecule has 0 bridgehead atoms. The van der Waals surface area contributed by atoms with Crippen molar-refractivity contribution in [3.63, 3.8) is 0 Å². The molecule has 2 aliphatic heterocycles. The van der Waals surface area contributed by atoms with Crippen molar-refractivity contribution >= 4 is 11.9 Å². The molecule has 1 N–H and O–H groups in total. The lowest BCUT2D eigenvalue weighted by Gasteiger charge is -2.34. The molecule has 2 unspecified atom stereocenters. The predicted molar refractivity (Wildman–Crippen MR) is 60.6 cm³/mol. The number of carbonyl (C=O) groups is 2. The molecule has 2 atom stereocenters. The lowest BCUT2D eigenvalue weighted by Crippen LogP contribution is -2.54. The Labute approximate surface area is 101 Å². The van der Waals surface area contributed by atoms with Gasteiger partial charge in [0, 0.05) is 13.2 Å². The summed E-state index contributed by atoms with van der Waals surface area (Å²) in [7, 11) is 0.